The Morgan fingerprint density at radius 3 is 2.25 bits per heavy atom. The number of hydrogen-bond donors (Lipinski definition) is 1. The molecular formula is C31H32BrFN2O5. The van der Waals surface area contributed by atoms with E-state index in [4.69, 9.17) is 9.47 Å². The molecule has 0 saturated carbocycles. The number of nitrogens with zero attached hydrogens (tertiary/aromatic N) is 1. The standard InChI is InChI=1S/C31H32BrFN2O5/c1-3-35-22-11-7-13-24(36)29(22)28(30-23(35)12-8-14-25(30)37)18-15-19(32)31(26(16-18)39-4-2)40-17-27(38)34-21-10-6-5-9-20(21)33/h5-6,9-10,15-16,28H,3-4,7-8,11-14,17H2,1-2H3,(H,34,38). The smallest absolute Gasteiger partial charge is 0.262 e. The largest absolute Gasteiger partial charge is 0.490 e. The van der Waals surface area contributed by atoms with Crippen LogP contribution in [0.3, 0.4) is 0 Å². The summed E-state index contributed by atoms with van der Waals surface area (Å²) < 4.78 is 26.3. The van der Waals surface area contributed by atoms with Crippen LogP contribution < -0.4 is 14.8 Å². The lowest BCUT2D eigenvalue weighted by molar-refractivity contribution is -0.118. The van der Waals surface area contributed by atoms with Crippen molar-refractivity contribution in [1.29, 1.82) is 0 Å². The van der Waals surface area contributed by atoms with E-state index in [0.717, 1.165) is 42.6 Å². The van der Waals surface area contributed by atoms with Gasteiger partial charge in [0.1, 0.15) is 5.82 Å². The lowest BCUT2D eigenvalue weighted by atomic mass is 9.71. The third-order valence-electron chi connectivity index (χ3n) is 7.56. The number of carbonyl (C=O) groups excluding carboxylic acids is 3. The van der Waals surface area contributed by atoms with Crippen LogP contribution in [0.15, 0.2) is 63.4 Å². The van der Waals surface area contributed by atoms with E-state index in [-0.39, 0.29) is 23.9 Å². The molecule has 0 fully saturated rings. The molecule has 9 heteroatoms. The zero-order valence-electron chi connectivity index (χ0n) is 22.6. The van der Waals surface area contributed by atoms with Crippen molar-refractivity contribution in [2.75, 3.05) is 25.1 Å². The predicted octanol–water partition coefficient (Wildman–Crippen LogP) is 6.44. The third kappa shape index (κ3) is 5.31. The molecule has 2 aromatic carbocycles. The molecule has 0 saturated heterocycles. The molecule has 40 heavy (non-hydrogen) atoms. The van der Waals surface area contributed by atoms with Gasteiger partial charge in [-0.15, -0.1) is 0 Å². The van der Waals surface area contributed by atoms with Gasteiger partial charge in [-0.05, 0) is 85.3 Å². The van der Waals surface area contributed by atoms with Gasteiger partial charge in [0, 0.05) is 47.8 Å². The number of halogens is 2. The molecule has 3 aliphatic rings. The van der Waals surface area contributed by atoms with Gasteiger partial charge in [0.05, 0.1) is 16.8 Å². The number of benzene rings is 2. The van der Waals surface area contributed by atoms with Crippen molar-refractivity contribution in [3.8, 4) is 11.5 Å². The van der Waals surface area contributed by atoms with Gasteiger partial charge < -0.3 is 19.7 Å². The summed E-state index contributed by atoms with van der Waals surface area (Å²) in [5.74, 6) is -0.694. The van der Waals surface area contributed by atoms with E-state index < -0.39 is 17.6 Å². The van der Waals surface area contributed by atoms with E-state index in [1.807, 2.05) is 19.1 Å². The number of ketones is 2. The Hall–Kier alpha value is -3.46. The number of ether oxygens (including phenoxy) is 2. The van der Waals surface area contributed by atoms with Gasteiger partial charge in [0.25, 0.3) is 5.91 Å². The summed E-state index contributed by atoms with van der Waals surface area (Å²) in [5.41, 5.74) is 4.28. The minimum Gasteiger partial charge on any atom is -0.490 e. The third-order valence-corrected chi connectivity index (χ3v) is 8.15. The topological polar surface area (TPSA) is 84.9 Å². The van der Waals surface area contributed by atoms with Crippen LogP contribution in [-0.2, 0) is 14.4 Å². The molecule has 0 atom stereocenters. The summed E-state index contributed by atoms with van der Waals surface area (Å²) in [5, 5.41) is 2.51. The van der Waals surface area contributed by atoms with E-state index in [1.165, 1.54) is 12.1 Å². The van der Waals surface area contributed by atoms with Crippen LogP contribution in [0.5, 0.6) is 11.5 Å². The number of nitrogens with one attached hydrogen (secondary N) is 1. The van der Waals surface area contributed by atoms with Crippen LogP contribution >= 0.6 is 15.9 Å². The number of para-hydroxylation sites is 1. The second kappa shape index (κ2) is 12.0. The number of anilines is 1. The van der Waals surface area contributed by atoms with Crippen LogP contribution in [0.2, 0.25) is 0 Å². The normalized spacial score (nSPS) is 17.6. The Bertz CT molecular complexity index is 1390. The molecular weight excluding hydrogens is 579 g/mol. The maximum atomic E-state index is 14.0. The van der Waals surface area contributed by atoms with Crippen LogP contribution in [0.1, 0.15) is 63.9 Å². The van der Waals surface area contributed by atoms with Gasteiger partial charge >= 0.3 is 0 Å². The number of hydrogen-bond acceptors (Lipinski definition) is 6. The van der Waals surface area contributed by atoms with Crippen LogP contribution in [-0.4, -0.2) is 42.1 Å². The molecule has 1 amide bonds. The fraction of sp³-hybridized carbons (Fsp3) is 0.387. The first-order valence-electron chi connectivity index (χ1n) is 13.8. The lowest BCUT2D eigenvalue weighted by Gasteiger charge is -2.43. The molecule has 0 radical (unpaired) electrons. The molecule has 2 aliphatic carbocycles. The Morgan fingerprint density at radius 2 is 1.65 bits per heavy atom. The maximum Gasteiger partial charge on any atom is 0.262 e. The zero-order valence-corrected chi connectivity index (χ0v) is 24.2. The van der Waals surface area contributed by atoms with Crippen LogP contribution in [0.25, 0.3) is 0 Å². The van der Waals surface area contributed by atoms with Crippen molar-refractivity contribution in [3.05, 3.63) is 74.8 Å². The Balaban J connectivity index is 1.52. The second-order valence-electron chi connectivity index (χ2n) is 10.0. The summed E-state index contributed by atoms with van der Waals surface area (Å²) >= 11 is 3.59. The molecule has 2 aromatic rings. The van der Waals surface area contributed by atoms with Crippen LogP contribution in [0, 0.1) is 5.82 Å². The zero-order chi connectivity index (χ0) is 28.4. The van der Waals surface area contributed by atoms with E-state index in [0.29, 0.717) is 53.1 Å². The summed E-state index contributed by atoms with van der Waals surface area (Å²) in [6.07, 6.45) is 4.12. The lowest BCUT2D eigenvalue weighted by Crippen LogP contribution is -2.39. The van der Waals surface area contributed by atoms with E-state index >= 15 is 0 Å². The number of rotatable bonds is 8. The van der Waals surface area contributed by atoms with Crippen molar-refractivity contribution >= 4 is 39.1 Å². The predicted molar refractivity (Wildman–Crippen MR) is 153 cm³/mol. The quantitative estimate of drug-likeness (QED) is 0.370. The van der Waals surface area contributed by atoms with Crippen molar-refractivity contribution in [2.45, 2.75) is 58.3 Å². The maximum absolute atomic E-state index is 14.0. The molecule has 1 aliphatic heterocycles. The molecule has 0 unspecified atom stereocenters. The monoisotopic (exact) mass is 610 g/mol. The summed E-state index contributed by atoms with van der Waals surface area (Å²) in [6.45, 7) is 4.57. The molecule has 0 aromatic heterocycles. The fourth-order valence-electron chi connectivity index (χ4n) is 5.98. The van der Waals surface area contributed by atoms with Crippen molar-refractivity contribution in [2.24, 2.45) is 0 Å². The minimum absolute atomic E-state index is 0.0661. The van der Waals surface area contributed by atoms with E-state index in [1.54, 1.807) is 12.1 Å². The summed E-state index contributed by atoms with van der Waals surface area (Å²) in [4.78, 5) is 41.5. The SMILES string of the molecule is CCOc1cc(C2C3=C(CCCC3=O)N(CC)C3=C2C(=O)CCC3)cc(Br)c1OCC(=O)Nc1ccccc1F. The number of amides is 1. The first kappa shape index (κ1) is 28.1. The molecule has 0 spiro atoms. The highest BCUT2D eigenvalue weighted by molar-refractivity contribution is 9.10. The van der Waals surface area contributed by atoms with Gasteiger partial charge in [-0.25, -0.2) is 4.39 Å². The minimum atomic E-state index is -0.539. The van der Waals surface area contributed by atoms with Crippen molar-refractivity contribution < 1.29 is 28.2 Å². The molecule has 210 valence electrons. The molecule has 1 N–H and O–H groups in total. The van der Waals surface area contributed by atoms with Gasteiger partial charge in [0.2, 0.25) is 0 Å². The van der Waals surface area contributed by atoms with Gasteiger partial charge in [-0.1, -0.05) is 12.1 Å². The molecule has 7 nitrogen and oxygen atoms in total. The Morgan fingerprint density at radius 1 is 1.00 bits per heavy atom. The fourth-order valence-corrected chi connectivity index (χ4v) is 6.55. The second-order valence-corrected chi connectivity index (χ2v) is 10.9. The first-order valence-corrected chi connectivity index (χ1v) is 14.6. The van der Waals surface area contributed by atoms with Gasteiger partial charge in [-0.2, -0.15) is 0 Å². The summed E-state index contributed by atoms with van der Waals surface area (Å²) in [7, 11) is 0. The van der Waals surface area contributed by atoms with Crippen molar-refractivity contribution in [3.63, 3.8) is 0 Å². The average Bonchev–Trinajstić information content (AvgIpc) is 2.93. The average molecular weight is 612 g/mol. The van der Waals surface area contributed by atoms with E-state index in [2.05, 4.69) is 33.1 Å². The Labute approximate surface area is 241 Å². The van der Waals surface area contributed by atoms with Crippen LogP contribution in [0.4, 0.5) is 10.1 Å². The van der Waals surface area contributed by atoms with Crippen molar-refractivity contribution in [1.82, 2.24) is 4.90 Å². The summed E-state index contributed by atoms with van der Waals surface area (Å²) in [6, 6.07) is 9.56. The highest BCUT2D eigenvalue weighted by atomic mass is 79.9. The number of carbonyl (C=O) groups is 3. The molecule has 1 heterocycles. The van der Waals surface area contributed by atoms with Gasteiger partial charge in [-0.3, -0.25) is 14.4 Å². The molecule has 5 rings (SSSR count). The number of allylic oxidation sites excluding steroid dienone is 4. The van der Waals surface area contributed by atoms with Gasteiger partial charge in [0.15, 0.2) is 29.7 Å². The Kier molecular flexibility index (Phi) is 8.40. The highest BCUT2D eigenvalue weighted by Crippen LogP contribution is 2.51. The highest BCUT2D eigenvalue weighted by Gasteiger charge is 2.43. The first-order chi connectivity index (χ1) is 19.3. The van der Waals surface area contributed by atoms with E-state index in [9.17, 15) is 18.8 Å². The molecule has 0 bridgehead atoms. The number of Topliss-reactive ketones (excluding diaryl/α,β-unsaturated/α-hetero) is 2.